The number of hydrogen-bond acceptors (Lipinski definition) is 3. The second-order valence-corrected chi connectivity index (χ2v) is 8.52. The maximum absolute atomic E-state index is 13.1. The van der Waals surface area contributed by atoms with Crippen molar-refractivity contribution in [3.8, 4) is 0 Å². The van der Waals surface area contributed by atoms with Crippen LogP contribution in [0.15, 0.2) is 46.9 Å². The van der Waals surface area contributed by atoms with Gasteiger partial charge in [-0.15, -0.1) is 0 Å². The monoisotopic (exact) mass is 457 g/mol. The predicted octanol–water partition coefficient (Wildman–Crippen LogP) is 4.29. The number of nitrogens with one attached hydrogen (secondary N) is 2. The summed E-state index contributed by atoms with van der Waals surface area (Å²) in [6.45, 7) is 7.30. The lowest BCUT2D eigenvalue weighted by Crippen LogP contribution is -2.42. The zero-order valence-corrected chi connectivity index (χ0v) is 18.5. The van der Waals surface area contributed by atoms with Crippen LogP contribution in [0.4, 0.5) is 10.5 Å². The van der Waals surface area contributed by atoms with E-state index in [9.17, 15) is 14.4 Å². The minimum absolute atomic E-state index is 0.223. The van der Waals surface area contributed by atoms with Crippen LogP contribution in [0.1, 0.15) is 43.4 Å². The number of halogens is 1. The molecule has 3 rings (SSSR count). The molecule has 0 unspecified atom stereocenters. The molecule has 6 nitrogen and oxygen atoms in total. The van der Waals surface area contributed by atoms with E-state index < -0.39 is 23.4 Å². The zero-order chi connectivity index (χ0) is 21.3. The lowest BCUT2D eigenvalue weighted by Gasteiger charge is -2.23. The molecule has 0 bridgehead atoms. The SMILES string of the molecule is Cc1cccc(C(C)C)c1NC(=O)CN1C(=O)N[C@](C)(c2ccccc2Br)C1=O. The second-order valence-electron chi connectivity index (χ2n) is 7.67. The first-order chi connectivity index (χ1) is 13.6. The first kappa shape index (κ1) is 21.0. The number of rotatable bonds is 5. The van der Waals surface area contributed by atoms with Crippen LogP contribution < -0.4 is 10.6 Å². The van der Waals surface area contributed by atoms with Gasteiger partial charge in [0.1, 0.15) is 12.1 Å². The fraction of sp³-hybridized carbons (Fsp3) is 0.318. The van der Waals surface area contributed by atoms with Crippen LogP contribution in [0, 0.1) is 6.92 Å². The molecule has 2 aromatic carbocycles. The van der Waals surface area contributed by atoms with Crippen molar-refractivity contribution in [1.82, 2.24) is 10.2 Å². The Morgan fingerprint density at radius 2 is 1.86 bits per heavy atom. The third kappa shape index (κ3) is 3.92. The molecule has 1 aliphatic heterocycles. The van der Waals surface area contributed by atoms with Gasteiger partial charge in [0.2, 0.25) is 5.91 Å². The molecule has 0 aromatic heterocycles. The van der Waals surface area contributed by atoms with Crippen LogP contribution >= 0.6 is 15.9 Å². The Bertz CT molecular complexity index is 989. The summed E-state index contributed by atoms with van der Waals surface area (Å²) in [7, 11) is 0. The first-order valence-corrected chi connectivity index (χ1v) is 10.2. The summed E-state index contributed by atoms with van der Waals surface area (Å²) < 4.78 is 0.712. The molecule has 2 N–H and O–H groups in total. The molecule has 7 heteroatoms. The van der Waals surface area contributed by atoms with Crippen LogP contribution in [-0.4, -0.2) is 29.3 Å². The molecule has 2 aromatic rings. The smallest absolute Gasteiger partial charge is 0.324 e. The van der Waals surface area contributed by atoms with Gasteiger partial charge in [-0.3, -0.25) is 14.5 Å². The summed E-state index contributed by atoms with van der Waals surface area (Å²) in [6.07, 6.45) is 0. The van der Waals surface area contributed by atoms with E-state index in [4.69, 9.17) is 0 Å². The molecule has 29 heavy (non-hydrogen) atoms. The Morgan fingerprint density at radius 1 is 1.17 bits per heavy atom. The van der Waals surface area contributed by atoms with Crippen molar-refractivity contribution in [1.29, 1.82) is 0 Å². The Hall–Kier alpha value is -2.67. The average molecular weight is 458 g/mol. The number of hydrogen-bond donors (Lipinski definition) is 2. The predicted molar refractivity (Wildman–Crippen MR) is 116 cm³/mol. The Kier molecular flexibility index (Phi) is 5.80. The van der Waals surface area contributed by atoms with Crippen molar-refractivity contribution >= 4 is 39.5 Å². The summed E-state index contributed by atoms with van der Waals surface area (Å²) in [5, 5.41) is 5.61. The van der Waals surface area contributed by atoms with E-state index in [-0.39, 0.29) is 12.5 Å². The molecule has 1 aliphatic rings. The third-order valence-electron chi connectivity index (χ3n) is 5.18. The van der Waals surface area contributed by atoms with Crippen LogP contribution in [0.2, 0.25) is 0 Å². The van der Waals surface area contributed by atoms with Crippen molar-refractivity contribution in [2.75, 3.05) is 11.9 Å². The number of urea groups is 1. The standard InChI is InChI=1S/C22H24BrN3O3/c1-13(2)15-9-7-8-14(3)19(15)24-18(27)12-26-20(28)22(4,25-21(26)29)16-10-5-6-11-17(16)23/h5-11,13H,12H2,1-4H3,(H,24,27)(H,25,29)/t22-/m1/s1. The number of carbonyl (C=O) groups excluding carboxylic acids is 3. The number of para-hydroxylation sites is 1. The summed E-state index contributed by atoms with van der Waals surface area (Å²) >= 11 is 3.43. The second kappa shape index (κ2) is 7.99. The van der Waals surface area contributed by atoms with Gasteiger partial charge in [-0.1, -0.05) is 66.2 Å². The van der Waals surface area contributed by atoms with Gasteiger partial charge in [-0.25, -0.2) is 4.79 Å². The molecule has 0 spiro atoms. The Labute approximate surface area is 178 Å². The van der Waals surface area contributed by atoms with E-state index in [0.717, 1.165) is 21.7 Å². The number of imide groups is 1. The van der Waals surface area contributed by atoms with Gasteiger partial charge in [-0.05, 0) is 37.0 Å². The molecular weight excluding hydrogens is 434 g/mol. The van der Waals surface area contributed by atoms with Gasteiger partial charge >= 0.3 is 6.03 Å². The van der Waals surface area contributed by atoms with Crippen molar-refractivity contribution in [2.45, 2.75) is 39.2 Å². The summed E-state index contributed by atoms with van der Waals surface area (Å²) in [4.78, 5) is 39.2. The van der Waals surface area contributed by atoms with Crippen molar-refractivity contribution < 1.29 is 14.4 Å². The largest absolute Gasteiger partial charge is 0.325 e. The number of aryl methyl sites for hydroxylation is 1. The molecule has 0 radical (unpaired) electrons. The molecular formula is C22H24BrN3O3. The van der Waals surface area contributed by atoms with Crippen molar-refractivity contribution in [3.63, 3.8) is 0 Å². The molecule has 4 amide bonds. The fourth-order valence-electron chi connectivity index (χ4n) is 3.55. The van der Waals surface area contributed by atoms with Crippen LogP contribution in [0.3, 0.4) is 0 Å². The Morgan fingerprint density at radius 3 is 2.52 bits per heavy atom. The summed E-state index contributed by atoms with van der Waals surface area (Å²) in [5.41, 5.74) is 2.08. The minimum Gasteiger partial charge on any atom is -0.324 e. The topological polar surface area (TPSA) is 78.5 Å². The highest BCUT2D eigenvalue weighted by atomic mass is 79.9. The summed E-state index contributed by atoms with van der Waals surface area (Å²) in [6, 6.07) is 12.4. The van der Waals surface area contributed by atoms with E-state index in [1.165, 1.54) is 0 Å². The molecule has 1 fully saturated rings. The maximum atomic E-state index is 13.1. The molecule has 0 saturated carbocycles. The minimum atomic E-state index is -1.23. The average Bonchev–Trinajstić information content (AvgIpc) is 2.87. The lowest BCUT2D eigenvalue weighted by molar-refractivity contribution is -0.133. The molecule has 0 aliphatic carbocycles. The van der Waals surface area contributed by atoms with Gasteiger partial charge in [0.15, 0.2) is 0 Å². The lowest BCUT2D eigenvalue weighted by atomic mass is 9.92. The molecule has 1 atom stereocenters. The van der Waals surface area contributed by atoms with Crippen LogP contribution in [0.5, 0.6) is 0 Å². The van der Waals surface area contributed by atoms with Crippen LogP contribution in [0.25, 0.3) is 0 Å². The fourth-order valence-corrected chi connectivity index (χ4v) is 4.24. The van der Waals surface area contributed by atoms with Gasteiger partial charge < -0.3 is 10.6 Å². The molecule has 152 valence electrons. The normalized spacial score (nSPS) is 18.9. The van der Waals surface area contributed by atoms with Gasteiger partial charge in [0.25, 0.3) is 5.91 Å². The Balaban J connectivity index is 1.81. The van der Waals surface area contributed by atoms with E-state index in [1.54, 1.807) is 25.1 Å². The van der Waals surface area contributed by atoms with Crippen molar-refractivity contribution in [3.05, 3.63) is 63.6 Å². The van der Waals surface area contributed by atoms with Gasteiger partial charge in [0, 0.05) is 15.7 Å². The highest BCUT2D eigenvalue weighted by Gasteiger charge is 2.50. The third-order valence-corrected chi connectivity index (χ3v) is 5.87. The highest BCUT2D eigenvalue weighted by molar-refractivity contribution is 9.10. The van der Waals surface area contributed by atoms with Gasteiger partial charge in [-0.2, -0.15) is 0 Å². The first-order valence-electron chi connectivity index (χ1n) is 9.43. The maximum Gasteiger partial charge on any atom is 0.325 e. The van der Waals surface area contributed by atoms with E-state index >= 15 is 0 Å². The summed E-state index contributed by atoms with van der Waals surface area (Å²) in [5.74, 6) is -0.653. The number of benzene rings is 2. The number of anilines is 1. The molecule has 1 saturated heterocycles. The zero-order valence-electron chi connectivity index (χ0n) is 16.9. The number of amides is 4. The van der Waals surface area contributed by atoms with Gasteiger partial charge in [0.05, 0.1) is 0 Å². The highest BCUT2D eigenvalue weighted by Crippen LogP contribution is 2.33. The molecule has 1 heterocycles. The van der Waals surface area contributed by atoms with Crippen molar-refractivity contribution in [2.24, 2.45) is 0 Å². The van der Waals surface area contributed by atoms with E-state index in [2.05, 4.69) is 26.6 Å². The van der Waals surface area contributed by atoms with Crippen LogP contribution in [-0.2, 0) is 15.1 Å². The number of carbonyl (C=O) groups is 3. The van der Waals surface area contributed by atoms with E-state index in [0.29, 0.717) is 10.0 Å². The quantitative estimate of drug-likeness (QED) is 0.657. The van der Waals surface area contributed by atoms with E-state index in [1.807, 2.05) is 45.0 Å². The number of nitrogens with zero attached hydrogens (tertiary/aromatic N) is 1.